The summed E-state index contributed by atoms with van der Waals surface area (Å²) in [4.78, 5) is 12.3. The molecule has 0 spiro atoms. The molecule has 1 aromatic carbocycles. The lowest BCUT2D eigenvalue weighted by molar-refractivity contribution is 0.401. The number of hydrogen-bond acceptors (Lipinski definition) is 6. The Balaban J connectivity index is 2.33. The number of fused-ring (bicyclic) bond motifs is 1. The van der Waals surface area contributed by atoms with Crippen molar-refractivity contribution < 1.29 is 13.9 Å². The molecule has 0 aliphatic rings. The number of nitrogens with zero attached hydrogens (tertiary/aromatic N) is 4. The van der Waals surface area contributed by atoms with Crippen molar-refractivity contribution in [3.8, 4) is 17.3 Å². The molecule has 3 aromatic rings. The van der Waals surface area contributed by atoms with Gasteiger partial charge in [-0.05, 0) is 12.1 Å². The number of hydrogen-bond donors (Lipinski definition) is 1. The van der Waals surface area contributed by atoms with E-state index >= 15 is 0 Å². The van der Waals surface area contributed by atoms with E-state index in [1.165, 1.54) is 32.7 Å². The van der Waals surface area contributed by atoms with Crippen LogP contribution in [0.15, 0.2) is 24.5 Å². The van der Waals surface area contributed by atoms with Crippen LogP contribution in [-0.2, 0) is 0 Å². The summed E-state index contributed by atoms with van der Waals surface area (Å²) in [6.45, 7) is 0. The average molecular weight is 289 g/mol. The third-order valence-corrected chi connectivity index (χ3v) is 3.01. The zero-order valence-corrected chi connectivity index (χ0v) is 11.4. The molecule has 0 saturated heterocycles. The molecule has 0 amide bonds. The van der Waals surface area contributed by atoms with Gasteiger partial charge in [-0.2, -0.15) is 4.98 Å². The zero-order valence-electron chi connectivity index (χ0n) is 11.4. The summed E-state index contributed by atoms with van der Waals surface area (Å²) in [7, 11) is 2.93. The normalized spacial score (nSPS) is 10.8. The monoisotopic (exact) mass is 289 g/mol. The molecule has 8 heteroatoms. The number of ether oxygens (including phenoxy) is 2. The average Bonchev–Trinajstić information content (AvgIpc) is 2.83. The van der Waals surface area contributed by atoms with Crippen LogP contribution in [0.5, 0.6) is 11.6 Å². The van der Waals surface area contributed by atoms with Crippen molar-refractivity contribution in [2.75, 3.05) is 20.0 Å². The fourth-order valence-corrected chi connectivity index (χ4v) is 2.11. The van der Waals surface area contributed by atoms with Crippen LogP contribution in [0.1, 0.15) is 0 Å². The number of anilines is 1. The molecule has 2 heterocycles. The Morgan fingerprint density at radius 2 is 2.00 bits per heavy atom. The Morgan fingerprint density at radius 1 is 1.19 bits per heavy atom. The molecule has 0 saturated carbocycles. The summed E-state index contributed by atoms with van der Waals surface area (Å²) in [5.41, 5.74) is 7.35. The van der Waals surface area contributed by atoms with Crippen LogP contribution in [0.25, 0.3) is 16.9 Å². The minimum atomic E-state index is -0.411. The smallest absolute Gasteiger partial charge is 0.245 e. The molecule has 0 bridgehead atoms. The third-order valence-electron chi connectivity index (χ3n) is 3.01. The topological polar surface area (TPSA) is 88.1 Å². The third kappa shape index (κ3) is 2.00. The SMILES string of the molecule is COc1cc(F)ccc1-n1c(N)nc2c(OC)ncnc21. The summed E-state index contributed by atoms with van der Waals surface area (Å²) < 4.78 is 25.2. The molecule has 0 unspecified atom stereocenters. The van der Waals surface area contributed by atoms with Crippen molar-refractivity contribution in [1.82, 2.24) is 19.5 Å². The first-order valence-corrected chi connectivity index (χ1v) is 6.02. The summed E-state index contributed by atoms with van der Waals surface area (Å²) in [5, 5.41) is 0. The summed E-state index contributed by atoms with van der Waals surface area (Å²) in [6, 6.07) is 4.11. The fourth-order valence-electron chi connectivity index (χ4n) is 2.11. The Morgan fingerprint density at radius 3 is 2.71 bits per heavy atom. The molecular formula is C13H12FN5O2. The maximum atomic E-state index is 13.3. The predicted molar refractivity (Wildman–Crippen MR) is 74.1 cm³/mol. The van der Waals surface area contributed by atoms with Gasteiger partial charge in [0.05, 0.1) is 19.9 Å². The summed E-state index contributed by atoms with van der Waals surface area (Å²) in [5.74, 6) is 0.393. The number of rotatable bonds is 3. The Labute approximate surface area is 119 Å². The van der Waals surface area contributed by atoms with Crippen LogP contribution in [0.4, 0.5) is 10.3 Å². The summed E-state index contributed by atoms with van der Waals surface area (Å²) >= 11 is 0. The van der Waals surface area contributed by atoms with Crippen molar-refractivity contribution in [1.29, 1.82) is 0 Å². The van der Waals surface area contributed by atoms with E-state index in [-0.39, 0.29) is 5.95 Å². The molecule has 0 aliphatic carbocycles. The van der Waals surface area contributed by atoms with E-state index in [1.54, 1.807) is 10.6 Å². The van der Waals surface area contributed by atoms with Gasteiger partial charge in [0.2, 0.25) is 11.8 Å². The highest BCUT2D eigenvalue weighted by atomic mass is 19.1. The highest BCUT2D eigenvalue weighted by molar-refractivity contribution is 5.81. The van der Waals surface area contributed by atoms with Gasteiger partial charge >= 0.3 is 0 Å². The van der Waals surface area contributed by atoms with Crippen LogP contribution in [0.2, 0.25) is 0 Å². The van der Waals surface area contributed by atoms with Crippen molar-refractivity contribution in [2.45, 2.75) is 0 Å². The van der Waals surface area contributed by atoms with E-state index in [0.29, 0.717) is 28.5 Å². The lowest BCUT2D eigenvalue weighted by Crippen LogP contribution is -2.04. The number of nitrogens with two attached hydrogens (primary N) is 1. The van der Waals surface area contributed by atoms with Crippen LogP contribution in [-0.4, -0.2) is 33.7 Å². The highest BCUT2D eigenvalue weighted by Gasteiger charge is 2.18. The van der Waals surface area contributed by atoms with Gasteiger partial charge < -0.3 is 15.2 Å². The Bertz CT molecular complexity index is 818. The Kier molecular flexibility index (Phi) is 3.05. The first-order valence-electron chi connectivity index (χ1n) is 6.02. The molecule has 2 aromatic heterocycles. The second-order valence-electron chi connectivity index (χ2n) is 4.18. The molecule has 0 aliphatic heterocycles. The number of methoxy groups -OCH3 is 2. The molecule has 0 radical (unpaired) electrons. The number of halogens is 1. The minimum absolute atomic E-state index is 0.175. The van der Waals surface area contributed by atoms with Crippen LogP contribution >= 0.6 is 0 Å². The number of aromatic nitrogens is 4. The van der Waals surface area contributed by atoms with Crippen LogP contribution in [0, 0.1) is 5.82 Å². The minimum Gasteiger partial charge on any atom is -0.494 e. The van der Waals surface area contributed by atoms with Gasteiger partial charge in [-0.25, -0.2) is 14.4 Å². The van der Waals surface area contributed by atoms with Crippen molar-refractivity contribution in [2.24, 2.45) is 0 Å². The standard InChI is InChI=1S/C13H12FN5O2/c1-20-9-5-7(14)3-4-8(9)19-11-10(18-13(19)15)12(21-2)17-6-16-11/h3-6H,1-2H3,(H2,15,18). The van der Waals surface area contributed by atoms with E-state index in [1.807, 2.05) is 0 Å². The van der Waals surface area contributed by atoms with Crippen molar-refractivity contribution in [3.63, 3.8) is 0 Å². The lowest BCUT2D eigenvalue weighted by atomic mass is 10.2. The van der Waals surface area contributed by atoms with Gasteiger partial charge in [0.15, 0.2) is 11.2 Å². The van der Waals surface area contributed by atoms with Crippen LogP contribution in [0.3, 0.4) is 0 Å². The fraction of sp³-hybridized carbons (Fsp3) is 0.154. The molecule has 0 fully saturated rings. The van der Waals surface area contributed by atoms with Gasteiger partial charge in [-0.3, -0.25) is 4.57 Å². The first kappa shape index (κ1) is 13.1. The van der Waals surface area contributed by atoms with Gasteiger partial charge in [-0.1, -0.05) is 0 Å². The molecular weight excluding hydrogens is 277 g/mol. The number of imidazole rings is 1. The van der Waals surface area contributed by atoms with Gasteiger partial charge in [0.25, 0.3) is 0 Å². The van der Waals surface area contributed by atoms with Crippen molar-refractivity contribution >= 4 is 17.1 Å². The second-order valence-corrected chi connectivity index (χ2v) is 4.18. The maximum absolute atomic E-state index is 13.3. The van der Waals surface area contributed by atoms with Crippen molar-refractivity contribution in [3.05, 3.63) is 30.3 Å². The second kappa shape index (κ2) is 4.89. The lowest BCUT2D eigenvalue weighted by Gasteiger charge is -2.11. The first-order chi connectivity index (χ1) is 10.2. The zero-order chi connectivity index (χ0) is 15.0. The van der Waals surface area contributed by atoms with Gasteiger partial charge in [-0.15, -0.1) is 0 Å². The van der Waals surface area contributed by atoms with E-state index in [0.717, 1.165) is 0 Å². The van der Waals surface area contributed by atoms with E-state index in [9.17, 15) is 4.39 Å². The number of benzene rings is 1. The molecule has 3 rings (SSSR count). The molecule has 2 N–H and O–H groups in total. The molecule has 7 nitrogen and oxygen atoms in total. The highest BCUT2D eigenvalue weighted by Crippen LogP contribution is 2.31. The number of nitrogen functional groups attached to an aromatic ring is 1. The molecule has 108 valence electrons. The largest absolute Gasteiger partial charge is 0.494 e. The van der Waals surface area contributed by atoms with E-state index < -0.39 is 5.82 Å². The van der Waals surface area contributed by atoms with Gasteiger partial charge in [0.1, 0.15) is 17.9 Å². The summed E-state index contributed by atoms with van der Waals surface area (Å²) in [6.07, 6.45) is 1.34. The predicted octanol–water partition coefficient (Wildman–Crippen LogP) is 1.55. The quantitative estimate of drug-likeness (QED) is 0.787. The van der Waals surface area contributed by atoms with E-state index in [2.05, 4.69) is 15.0 Å². The molecule has 0 atom stereocenters. The van der Waals surface area contributed by atoms with Crippen LogP contribution < -0.4 is 15.2 Å². The van der Waals surface area contributed by atoms with Gasteiger partial charge in [0, 0.05) is 6.07 Å². The van der Waals surface area contributed by atoms with E-state index in [4.69, 9.17) is 15.2 Å². The maximum Gasteiger partial charge on any atom is 0.245 e. The molecule has 21 heavy (non-hydrogen) atoms. The Hall–Kier alpha value is -2.90.